The number of rotatable bonds is 4. The fraction of sp³-hybridized carbons (Fsp3) is 0.0714. The maximum Gasteiger partial charge on any atom is 0.145 e. The Morgan fingerprint density at radius 2 is 2.00 bits per heavy atom. The van der Waals surface area contributed by atoms with Crippen molar-refractivity contribution >= 4 is 22.1 Å². The van der Waals surface area contributed by atoms with Gasteiger partial charge in [0.25, 0.3) is 0 Å². The summed E-state index contributed by atoms with van der Waals surface area (Å²) in [5.41, 5.74) is 1.11. The van der Waals surface area contributed by atoms with Gasteiger partial charge < -0.3 is 4.84 Å². The topological polar surface area (TPSA) is 21.6 Å². The first-order chi connectivity index (χ1) is 9.15. The van der Waals surface area contributed by atoms with Gasteiger partial charge in [-0.1, -0.05) is 33.2 Å². The Morgan fingerprint density at radius 3 is 2.74 bits per heavy atom. The summed E-state index contributed by atoms with van der Waals surface area (Å²) in [5.74, 6) is -1.25. The molecule has 0 aliphatic rings. The van der Waals surface area contributed by atoms with Crippen LogP contribution in [0.3, 0.4) is 0 Å². The van der Waals surface area contributed by atoms with Gasteiger partial charge in [0.05, 0.1) is 6.21 Å². The molecule has 98 valence electrons. The molecule has 0 bridgehead atoms. The molecule has 2 nitrogen and oxygen atoms in total. The zero-order valence-electron chi connectivity index (χ0n) is 9.82. The Balaban J connectivity index is 1.93. The van der Waals surface area contributed by atoms with Gasteiger partial charge in [-0.3, -0.25) is 0 Å². The Bertz CT molecular complexity index is 602. The van der Waals surface area contributed by atoms with Crippen LogP contribution in [-0.2, 0) is 11.4 Å². The lowest BCUT2D eigenvalue weighted by atomic mass is 10.2. The fourth-order valence-corrected chi connectivity index (χ4v) is 1.85. The van der Waals surface area contributed by atoms with Crippen molar-refractivity contribution < 1.29 is 13.6 Å². The van der Waals surface area contributed by atoms with Gasteiger partial charge in [-0.05, 0) is 29.8 Å². The molecule has 0 unspecified atom stereocenters. The molecule has 0 spiro atoms. The van der Waals surface area contributed by atoms with Crippen LogP contribution in [-0.4, -0.2) is 6.21 Å². The number of hydrogen-bond donors (Lipinski definition) is 0. The van der Waals surface area contributed by atoms with E-state index in [1.54, 1.807) is 0 Å². The molecule has 19 heavy (non-hydrogen) atoms. The van der Waals surface area contributed by atoms with E-state index in [0.717, 1.165) is 16.1 Å². The molecule has 0 N–H and O–H groups in total. The first kappa shape index (κ1) is 13.7. The highest BCUT2D eigenvalue weighted by Crippen LogP contribution is 2.12. The summed E-state index contributed by atoms with van der Waals surface area (Å²) in [4.78, 5) is 4.98. The van der Waals surface area contributed by atoms with Crippen LogP contribution >= 0.6 is 15.9 Å². The van der Waals surface area contributed by atoms with Crippen molar-refractivity contribution in [2.24, 2.45) is 5.16 Å². The minimum atomic E-state index is -0.641. The number of benzene rings is 2. The van der Waals surface area contributed by atoms with Crippen LogP contribution < -0.4 is 0 Å². The molecule has 0 fully saturated rings. The predicted octanol–water partition coefficient (Wildman–Crippen LogP) is 4.28. The molecule has 5 heteroatoms. The summed E-state index contributed by atoms with van der Waals surface area (Å²) in [5, 5.41) is 3.74. The lowest BCUT2D eigenvalue weighted by Crippen LogP contribution is -1.93. The van der Waals surface area contributed by atoms with Crippen LogP contribution in [0.4, 0.5) is 8.78 Å². The van der Waals surface area contributed by atoms with E-state index in [1.165, 1.54) is 18.3 Å². The van der Waals surface area contributed by atoms with Gasteiger partial charge in [0.1, 0.15) is 18.2 Å². The Labute approximate surface area is 117 Å². The molecular weight excluding hydrogens is 316 g/mol. The van der Waals surface area contributed by atoms with Gasteiger partial charge in [0, 0.05) is 16.1 Å². The van der Waals surface area contributed by atoms with Gasteiger partial charge in [-0.2, -0.15) is 0 Å². The predicted molar refractivity (Wildman–Crippen MR) is 72.9 cm³/mol. The van der Waals surface area contributed by atoms with E-state index in [9.17, 15) is 8.78 Å². The summed E-state index contributed by atoms with van der Waals surface area (Å²) in [6, 6.07) is 10.8. The van der Waals surface area contributed by atoms with E-state index in [1.807, 2.05) is 24.3 Å². The van der Waals surface area contributed by atoms with Crippen molar-refractivity contribution in [3.63, 3.8) is 0 Å². The monoisotopic (exact) mass is 325 g/mol. The second-order valence-corrected chi connectivity index (χ2v) is 4.71. The molecular formula is C14H10BrF2NO. The van der Waals surface area contributed by atoms with Crippen LogP contribution in [0.25, 0.3) is 0 Å². The first-order valence-corrected chi connectivity index (χ1v) is 6.29. The third kappa shape index (κ3) is 4.13. The number of hydrogen-bond acceptors (Lipinski definition) is 2. The van der Waals surface area contributed by atoms with E-state index in [2.05, 4.69) is 21.1 Å². The van der Waals surface area contributed by atoms with E-state index >= 15 is 0 Å². The fourth-order valence-electron chi connectivity index (χ4n) is 1.43. The Morgan fingerprint density at radius 1 is 1.16 bits per heavy atom. The summed E-state index contributed by atoms with van der Waals surface area (Å²) in [6.45, 7) is -0.0450. The minimum Gasteiger partial charge on any atom is -0.391 e. The van der Waals surface area contributed by atoms with Crippen molar-refractivity contribution in [3.05, 3.63) is 69.7 Å². The summed E-state index contributed by atoms with van der Waals surface area (Å²) >= 11 is 3.34. The Kier molecular flexibility index (Phi) is 4.63. The molecule has 0 atom stereocenters. The zero-order valence-corrected chi connectivity index (χ0v) is 11.4. The molecule has 0 radical (unpaired) electrons. The highest BCUT2D eigenvalue weighted by molar-refractivity contribution is 9.10. The summed E-state index contributed by atoms with van der Waals surface area (Å²) in [7, 11) is 0. The van der Waals surface area contributed by atoms with Crippen molar-refractivity contribution in [2.45, 2.75) is 6.61 Å². The van der Waals surface area contributed by atoms with Gasteiger partial charge in [-0.25, -0.2) is 8.78 Å². The van der Waals surface area contributed by atoms with Crippen LogP contribution in [0.2, 0.25) is 0 Å². The van der Waals surface area contributed by atoms with Crippen LogP contribution in [0.5, 0.6) is 0 Å². The van der Waals surface area contributed by atoms with Crippen molar-refractivity contribution in [2.75, 3.05) is 0 Å². The van der Waals surface area contributed by atoms with Crippen LogP contribution in [0.15, 0.2) is 52.1 Å². The van der Waals surface area contributed by atoms with Gasteiger partial charge in [-0.15, -0.1) is 0 Å². The van der Waals surface area contributed by atoms with Crippen molar-refractivity contribution in [1.29, 1.82) is 0 Å². The third-order valence-electron chi connectivity index (χ3n) is 2.36. The van der Waals surface area contributed by atoms with Crippen molar-refractivity contribution in [1.82, 2.24) is 0 Å². The van der Waals surface area contributed by atoms with Crippen LogP contribution in [0.1, 0.15) is 11.1 Å². The molecule has 2 rings (SSSR count). The summed E-state index contributed by atoms with van der Waals surface area (Å²) in [6.07, 6.45) is 1.52. The average Bonchev–Trinajstić information content (AvgIpc) is 2.37. The zero-order chi connectivity index (χ0) is 13.7. The molecule has 0 heterocycles. The van der Waals surface area contributed by atoms with Gasteiger partial charge in [0.2, 0.25) is 0 Å². The molecule has 0 saturated carbocycles. The highest BCUT2D eigenvalue weighted by Gasteiger charge is 2.03. The van der Waals surface area contributed by atoms with E-state index in [-0.39, 0.29) is 12.2 Å². The maximum atomic E-state index is 13.3. The summed E-state index contributed by atoms with van der Waals surface area (Å²) < 4.78 is 26.9. The van der Waals surface area contributed by atoms with Gasteiger partial charge in [0.15, 0.2) is 0 Å². The smallest absolute Gasteiger partial charge is 0.145 e. The van der Waals surface area contributed by atoms with E-state index in [0.29, 0.717) is 0 Å². The van der Waals surface area contributed by atoms with Crippen molar-refractivity contribution in [3.8, 4) is 0 Å². The second-order valence-electron chi connectivity index (χ2n) is 3.80. The largest absolute Gasteiger partial charge is 0.391 e. The molecule has 0 saturated heterocycles. The quantitative estimate of drug-likeness (QED) is 0.607. The normalized spacial score (nSPS) is 10.9. The minimum absolute atomic E-state index is 0.0450. The molecule has 0 aliphatic carbocycles. The molecule has 0 amide bonds. The molecule has 2 aromatic carbocycles. The Hall–Kier alpha value is -1.75. The third-order valence-corrected chi connectivity index (χ3v) is 2.85. The van der Waals surface area contributed by atoms with Crippen LogP contribution in [0, 0.1) is 11.6 Å². The highest BCUT2D eigenvalue weighted by atomic mass is 79.9. The molecule has 0 aliphatic heterocycles. The first-order valence-electron chi connectivity index (χ1n) is 5.50. The second kappa shape index (κ2) is 6.43. The average molecular weight is 326 g/mol. The maximum absolute atomic E-state index is 13.3. The standard InChI is InChI=1S/C14H10BrF2NO/c15-12-3-1-2-10(6-12)8-18-19-9-11-4-5-13(16)7-14(11)17/h1-8H,9H2. The molecule has 2 aromatic rings. The SMILES string of the molecule is Fc1ccc(CON=Cc2cccc(Br)c2)c(F)c1. The van der Waals surface area contributed by atoms with E-state index < -0.39 is 11.6 Å². The van der Waals surface area contributed by atoms with Gasteiger partial charge >= 0.3 is 0 Å². The molecule has 0 aromatic heterocycles. The number of nitrogens with zero attached hydrogens (tertiary/aromatic N) is 1. The lowest BCUT2D eigenvalue weighted by molar-refractivity contribution is 0.129. The number of halogens is 3. The van der Waals surface area contributed by atoms with E-state index in [4.69, 9.17) is 4.84 Å². The number of oxime groups is 1. The lowest BCUT2D eigenvalue weighted by Gasteiger charge is -2.01.